The highest BCUT2D eigenvalue weighted by molar-refractivity contribution is 6.33. The minimum Gasteiger partial charge on any atom is -0.366 e. The molecule has 0 aliphatic heterocycles. The maximum atomic E-state index is 12.0. The van der Waals surface area contributed by atoms with E-state index in [-0.39, 0.29) is 0 Å². The van der Waals surface area contributed by atoms with E-state index >= 15 is 0 Å². The predicted octanol–water partition coefficient (Wildman–Crippen LogP) is 3.96. The number of allylic oxidation sites excluding steroid dienone is 1. The summed E-state index contributed by atoms with van der Waals surface area (Å²) in [6, 6.07) is 7.52. The fourth-order valence-corrected chi connectivity index (χ4v) is 3.03. The molecule has 0 saturated heterocycles. The Hall–Kier alpha value is -2.00. The lowest BCUT2D eigenvalue weighted by Crippen LogP contribution is -2.13. The number of nitrogens with two attached hydrogens (primary N) is 1. The van der Waals surface area contributed by atoms with Crippen LogP contribution in [-0.4, -0.2) is 10.5 Å². The van der Waals surface area contributed by atoms with Crippen molar-refractivity contribution in [3.05, 3.63) is 58.9 Å². The molecule has 0 atom stereocenters. The number of hydrogen-bond acceptors (Lipinski definition) is 1. The molecule has 2 N–H and O–H groups in total. The molecule has 21 heavy (non-hydrogen) atoms. The Bertz CT molecular complexity index is 701. The number of carbonyl (C=O) groups is 1. The molecule has 3 nitrogen and oxygen atoms in total. The van der Waals surface area contributed by atoms with Crippen LogP contribution >= 0.6 is 11.6 Å². The first-order valence-electron chi connectivity index (χ1n) is 6.90. The summed E-state index contributed by atoms with van der Waals surface area (Å²) in [6.45, 7) is 8.38. The van der Waals surface area contributed by atoms with Crippen molar-refractivity contribution in [2.24, 2.45) is 5.73 Å². The van der Waals surface area contributed by atoms with Crippen molar-refractivity contribution in [2.45, 2.75) is 26.8 Å². The van der Waals surface area contributed by atoms with Gasteiger partial charge in [-0.05, 0) is 19.4 Å². The SMILES string of the molecule is C=CCn1c(C)c(C(N)=O)c(-c2ccccc2Cl)c1CC. The van der Waals surface area contributed by atoms with Gasteiger partial charge in [0.25, 0.3) is 5.91 Å². The van der Waals surface area contributed by atoms with Crippen LogP contribution < -0.4 is 5.73 Å². The molecule has 0 bridgehead atoms. The molecule has 2 aromatic rings. The Morgan fingerprint density at radius 2 is 2.10 bits per heavy atom. The molecule has 0 fully saturated rings. The minimum atomic E-state index is -0.431. The quantitative estimate of drug-likeness (QED) is 0.835. The molecule has 0 aliphatic carbocycles. The van der Waals surface area contributed by atoms with Crippen LogP contribution in [0, 0.1) is 6.92 Å². The second-order valence-corrected chi connectivity index (χ2v) is 5.29. The van der Waals surface area contributed by atoms with Crippen LogP contribution in [0.3, 0.4) is 0 Å². The van der Waals surface area contributed by atoms with Gasteiger partial charge in [-0.15, -0.1) is 6.58 Å². The smallest absolute Gasteiger partial charge is 0.251 e. The second kappa shape index (κ2) is 6.19. The fourth-order valence-electron chi connectivity index (χ4n) is 2.80. The molecule has 0 saturated carbocycles. The standard InChI is InChI=1S/C17H19ClN2O/c1-4-10-20-11(3)15(17(19)21)16(14(20)5-2)12-8-6-7-9-13(12)18/h4,6-9H,1,5,10H2,2-3H3,(H2,19,21). The van der Waals surface area contributed by atoms with E-state index in [0.29, 0.717) is 17.1 Å². The van der Waals surface area contributed by atoms with Crippen molar-refractivity contribution in [2.75, 3.05) is 0 Å². The van der Waals surface area contributed by atoms with Gasteiger partial charge >= 0.3 is 0 Å². The molecule has 2 rings (SSSR count). The maximum Gasteiger partial charge on any atom is 0.251 e. The average Bonchev–Trinajstić information content (AvgIpc) is 2.72. The van der Waals surface area contributed by atoms with Crippen molar-refractivity contribution >= 4 is 17.5 Å². The van der Waals surface area contributed by atoms with E-state index in [0.717, 1.165) is 28.9 Å². The number of aromatic nitrogens is 1. The van der Waals surface area contributed by atoms with Crippen LogP contribution in [0.1, 0.15) is 28.7 Å². The third-order valence-corrected chi connectivity index (χ3v) is 4.00. The third-order valence-electron chi connectivity index (χ3n) is 3.67. The van der Waals surface area contributed by atoms with Crippen molar-refractivity contribution in [1.82, 2.24) is 4.57 Å². The van der Waals surface area contributed by atoms with Crippen LogP contribution in [0.15, 0.2) is 36.9 Å². The van der Waals surface area contributed by atoms with E-state index in [4.69, 9.17) is 17.3 Å². The van der Waals surface area contributed by atoms with E-state index < -0.39 is 5.91 Å². The van der Waals surface area contributed by atoms with Gasteiger partial charge in [-0.2, -0.15) is 0 Å². The van der Waals surface area contributed by atoms with E-state index in [1.807, 2.05) is 37.3 Å². The fraction of sp³-hybridized carbons (Fsp3) is 0.235. The number of halogens is 1. The molecule has 110 valence electrons. The van der Waals surface area contributed by atoms with Gasteiger partial charge in [-0.25, -0.2) is 0 Å². The Labute approximate surface area is 130 Å². The monoisotopic (exact) mass is 302 g/mol. The summed E-state index contributed by atoms with van der Waals surface area (Å²) in [5.41, 5.74) is 9.75. The van der Waals surface area contributed by atoms with Gasteiger partial charge in [-0.3, -0.25) is 4.79 Å². The Kier molecular flexibility index (Phi) is 4.53. The van der Waals surface area contributed by atoms with Crippen molar-refractivity contribution in [3.63, 3.8) is 0 Å². The van der Waals surface area contributed by atoms with Crippen molar-refractivity contribution in [1.29, 1.82) is 0 Å². The summed E-state index contributed by atoms with van der Waals surface area (Å²) in [5.74, 6) is -0.431. The first-order valence-corrected chi connectivity index (χ1v) is 7.28. The minimum absolute atomic E-state index is 0.431. The molecule has 1 heterocycles. The van der Waals surface area contributed by atoms with Crippen LogP contribution in [-0.2, 0) is 13.0 Å². The maximum absolute atomic E-state index is 12.0. The molecule has 1 aromatic carbocycles. The highest BCUT2D eigenvalue weighted by atomic mass is 35.5. The van der Waals surface area contributed by atoms with E-state index in [9.17, 15) is 4.79 Å². The van der Waals surface area contributed by atoms with Crippen LogP contribution in [0.25, 0.3) is 11.1 Å². The molecular weight excluding hydrogens is 284 g/mol. The third kappa shape index (κ3) is 2.61. The molecule has 0 spiro atoms. The average molecular weight is 303 g/mol. The predicted molar refractivity (Wildman–Crippen MR) is 87.7 cm³/mol. The molecular formula is C17H19ClN2O. The number of rotatable bonds is 5. The summed E-state index contributed by atoms with van der Waals surface area (Å²) < 4.78 is 2.08. The number of benzene rings is 1. The van der Waals surface area contributed by atoms with Gasteiger partial charge in [0.05, 0.1) is 5.56 Å². The van der Waals surface area contributed by atoms with Crippen molar-refractivity contribution in [3.8, 4) is 11.1 Å². The van der Waals surface area contributed by atoms with Gasteiger partial charge in [-0.1, -0.05) is 42.8 Å². The number of amides is 1. The van der Waals surface area contributed by atoms with Crippen LogP contribution in [0.5, 0.6) is 0 Å². The lowest BCUT2D eigenvalue weighted by Gasteiger charge is -2.10. The van der Waals surface area contributed by atoms with Gasteiger partial charge in [0, 0.05) is 34.1 Å². The normalized spacial score (nSPS) is 10.6. The second-order valence-electron chi connectivity index (χ2n) is 4.88. The zero-order chi connectivity index (χ0) is 15.6. The molecule has 0 radical (unpaired) electrons. The Morgan fingerprint density at radius 1 is 1.43 bits per heavy atom. The number of nitrogens with zero attached hydrogens (tertiary/aromatic N) is 1. The lowest BCUT2D eigenvalue weighted by atomic mass is 9.99. The number of hydrogen-bond donors (Lipinski definition) is 1. The van der Waals surface area contributed by atoms with Crippen molar-refractivity contribution < 1.29 is 4.79 Å². The molecule has 0 unspecified atom stereocenters. The van der Waals surface area contributed by atoms with Crippen LogP contribution in [0.2, 0.25) is 5.02 Å². The van der Waals surface area contributed by atoms with Gasteiger partial charge in [0.15, 0.2) is 0 Å². The highest BCUT2D eigenvalue weighted by Crippen LogP contribution is 2.36. The Morgan fingerprint density at radius 3 is 2.62 bits per heavy atom. The summed E-state index contributed by atoms with van der Waals surface area (Å²) in [4.78, 5) is 12.0. The topological polar surface area (TPSA) is 48.0 Å². The molecule has 1 aromatic heterocycles. The Balaban J connectivity index is 2.86. The van der Waals surface area contributed by atoms with Gasteiger partial charge in [0.2, 0.25) is 0 Å². The summed E-state index contributed by atoms with van der Waals surface area (Å²) >= 11 is 6.32. The highest BCUT2D eigenvalue weighted by Gasteiger charge is 2.24. The zero-order valence-corrected chi connectivity index (χ0v) is 13.1. The molecule has 4 heteroatoms. The first kappa shape index (κ1) is 15.4. The van der Waals surface area contributed by atoms with Crippen LogP contribution in [0.4, 0.5) is 0 Å². The van der Waals surface area contributed by atoms with Gasteiger partial charge in [0.1, 0.15) is 0 Å². The molecule has 0 aliphatic rings. The zero-order valence-electron chi connectivity index (χ0n) is 12.3. The number of carbonyl (C=O) groups excluding carboxylic acids is 1. The van der Waals surface area contributed by atoms with E-state index in [1.165, 1.54) is 0 Å². The molecule has 1 amide bonds. The van der Waals surface area contributed by atoms with Gasteiger partial charge < -0.3 is 10.3 Å². The largest absolute Gasteiger partial charge is 0.366 e. The summed E-state index contributed by atoms with van der Waals surface area (Å²) in [6.07, 6.45) is 2.59. The van der Waals surface area contributed by atoms with E-state index in [2.05, 4.69) is 18.1 Å². The van der Waals surface area contributed by atoms with E-state index in [1.54, 1.807) is 0 Å². The lowest BCUT2D eigenvalue weighted by molar-refractivity contribution is 0.1000. The summed E-state index contributed by atoms with van der Waals surface area (Å²) in [5, 5.41) is 0.616. The summed E-state index contributed by atoms with van der Waals surface area (Å²) in [7, 11) is 0. The number of primary amides is 1. The first-order chi connectivity index (χ1) is 10.0.